The molecule has 1 aromatic carbocycles. The van der Waals surface area contributed by atoms with Crippen molar-refractivity contribution in [1.29, 1.82) is 0 Å². The molecule has 0 aliphatic heterocycles. The van der Waals surface area contributed by atoms with Crippen LogP contribution in [0, 0.1) is 0 Å². The monoisotopic (exact) mass is 417 g/mol. The second-order valence-electron chi connectivity index (χ2n) is 5.73. The highest BCUT2D eigenvalue weighted by Crippen LogP contribution is 2.16. The Balaban J connectivity index is 1.58. The molecule has 0 fully saturated rings. The van der Waals surface area contributed by atoms with Crippen molar-refractivity contribution in [3.05, 3.63) is 64.7 Å². The van der Waals surface area contributed by atoms with Crippen molar-refractivity contribution in [3.8, 4) is 5.75 Å². The topological polar surface area (TPSA) is 74.0 Å². The number of amides is 1. The van der Waals surface area contributed by atoms with Crippen molar-refractivity contribution >= 4 is 21.8 Å². The van der Waals surface area contributed by atoms with Crippen molar-refractivity contribution in [2.45, 2.75) is 33.2 Å². The highest BCUT2D eigenvalue weighted by atomic mass is 79.9. The smallest absolute Gasteiger partial charge is 0.272 e. The summed E-state index contributed by atoms with van der Waals surface area (Å²) in [5.41, 5.74) is 1.30. The lowest BCUT2D eigenvalue weighted by Crippen LogP contribution is -2.28. The molecule has 0 saturated heterocycles. The van der Waals surface area contributed by atoms with E-state index in [9.17, 15) is 4.79 Å². The molecule has 136 valence electrons. The number of nitrogens with zero attached hydrogens (tertiary/aromatic N) is 4. The Bertz CT molecular complexity index is 872. The number of rotatable bonds is 7. The maximum absolute atomic E-state index is 12.4. The molecular weight excluding hydrogens is 398 g/mol. The van der Waals surface area contributed by atoms with Gasteiger partial charge in [0.05, 0.1) is 11.7 Å². The van der Waals surface area contributed by atoms with Crippen LogP contribution in [0.2, 0.25) is 0 Å². The first-order chi connectivity index (χ1) is 12.6. The van der Waals surface area contributed by atoms with Crippen molar-refractivity contribution in [3.63, 3.8) is 0 Å². The van der Waals surface area contributed by atoms with Gasteiger partial charge in [-0.3, -0.25) is 9.48 Å². The largest absolute Gasteiger partial charge is 0.471 e. The van der Waals surface area contributed by atoms with E-state index >= 15 is 0 Å². The molecule has 2 aromatic heterocycles. The minimum Gasteiger partial charge on any atom is -0.471 e. The zero-order valence-electron chi connectivity index (χ0n) is 14.6. The van der Waals surface area contributed by atoms with Gasteiger partial charge in [-0.15, -0.1) is 0 Å². The molecule has 1 N–H and O–H groups in total. The van der Waals surface area contributed by atoms with E-state index in [0.29, 0.717) is 5.69 Å². The number of aromatic nitrogens is 4. The number of nitrogens with one attached hydrogen (secondary N) is 1. The van der Waals surface area contributed by atoms with E-state index in [-0.39, 0.29) is 18.7 Å². The molecule has 0 aliphatic rings. The molecule has 0 saturated carbocycles. The summed E-state index contributed by atoms with van der Waals surface area (Å²) in [6.07, 6.45) is 3.45. The van der Waals surface area contributed by atoms with Crippen molar-refractivity contribution in [2.24, 2.45) is 0 Å². The quantitative estimate of drug-likeness (QED) is 0.639. The third-order valence-corrected chi connectivity index (χ3v) is 4.42. The van der Waals surface area contributed by atoms with Gasteiger partial charge in [0.1, 0.15) is 11.4 Å². The van der Waals surface area contributed by atoms with E-state index in [2.05, 4.69) is 31.4 Å². The Morgan fingerprint density at radius 3 is 2.77 bits per heavy atom. The maximum Gasteiger partial charge on any atom is 0.272 e. The van der Waals surface area contributed by atoms with Gasteiger partial charge in [-0.25, -0.2) is 4.68 Å². The van der Waals surface area contributed by atoms with Gasteiger partial charge >= 0.3 is 0 Å². The summed E-state index contributed by atoms with van der Waals surface area (Å²) in [5, 5.41) is 11.4. The normalized spacial score (nSPS) is 12.0. The number of carbonyl (C=O) groups is 1. The number of benzene rings is 1. The number of halogens is 1. The van der Waals surface area contributed by atoms with Gasteiger partial charge in [0.25, 0.3) is 5.91 Å². The summed E-state index contributed by atoms with van der Waals surface area (Å²) in [4.78, 5) is 12.4. The SMILES string of the molecule is CCn1nccc1C(C)NC(=O)c1ccn(COc2ccc(Br)cc2)n1. The van der Waals surface area contributed by atoms with Crippen LogP contribution in [0.5, 0.6) is 5.75 Å². The van der Waals surface area contributed by atoms with E-state index in [4.69, 9.17) is 4.74 Å². The van der Waals surface area contributed by atoms with Crippen LogP contribution in [0.1, 0.15) is 36.1 Å². The Kier molecular flexibility index (Phi) is 5.72. The zero-order valence-corrected chi connectivity index (χ0v) is 16.2. The molecule has 1 unspecified atom stereocenters. The van der Waals surface area contributed by atoms with Crippen molar-refractivity contribution in [1.82, 2.24) is 24.9 Å². The highest BCUT2D eigenvalue weighted by Gasteiger charge is 2.16. The van der Waals surface area contributed by atoms with Gasteiger partial charge in [0.2, 0.25) is 0 Å². The van der Waals surface area contributed by atoms with Gasteiger partial charge < -0.3 is 10.1 Å². The van der Waals surface area contributed by atoms with Crippen LogP contribution in [0.25, 0.3) is 0 Å². The van der Waals surface area contributed by atoms with Gasteiger partial charge in [-0.05, 0) is 50.2 Å². The molecule has 0 spiro atoms. The fourth-order valence-electron chi connectivity index (χ4n) is 2.55. The zero-order chi connectivity index (χ0) is 18.5. The van der Waals surface area contributed by atoms with E-state index in [0.717, 1.165) is 22.5 Å². The predicted octanol–water partition coefficient (Wildman–Crippen LogP) is 3.39. The predicted molar refractivity (Wildman–Crippen MR) is 101 cm³/mol. The number of ether oxygens (including phenoxy) is 1. The van der Waals surface area contributed by atoms with Crippen molar-refractivity contribution in [2.75, 3.05) is 0 Å². The average Bonchev–Trinajstić information content (AvgIpc) is 3.30. The molecule has 3 aromatic rings. The lowest BCUT2D eigenvalue weighted by atomic mass is 10.2. The Labute approximate surface area is 160 Å². The summed E-state index contributed by atoms with van der Waals surface area (Å²) in [7, 11) is 0. The number of hydrogen-bond donors (Lipinski definition) is 1. The molecule has 1 amide bonds. The second-order valence-corrected chi connectivity index (χ2v) is 6.65. The molecule has 8 heteroatoms. The first-order valence-corrected chi connectivity index (χ1v) is 9.10. The fourth-order valence-corrected chi connectivity index (χ4v) is 2.81. The molecular formula is C18H20BrN5O2. The molecule has 2 heterocycles. The summed E-state index contributed by atoms with van der Waals surface area (Å²) >= 11 is 3.38. The molecule has 26 heavy (non-hydrogen) atoms. The third-order valence-electron chi connectivity index (χ3n) is 3.89. The van der Waals surface area contributed by atoms with E-state index in [1.807, 2.05) is 48.9 Å². The summed E-state index contributed by atoms with van der Waals surface area (Å²) in [6.45, 7) is 4.92. The van der Waals surface area contributed by atoms with E-state index < -0.39 is 0 Å². The number of aryl methyl sites for hydroxylation is 1. The van der Waals surface area contributed by atoms with Crippen LogP contribution in [0.3, 0.4) is 0 Å². The first kappa shape index (κ1) is 18.2. The Morgan fingerprint density at radius 2 is 2.04 bits per heavy atom. The highest BCUT2D eigenvalue weighted by molar-refractivity contribution is 9.10. The number of carbonyl (C=O) groups excluding carboxylic acids is 1. The van der Waals surface area contributed by atoms with E-state index in [1.54, 1.807) is 23.1 Å². The molecule has 7 nitrogen and oxygen atoms in total. The fraction of sp³-hybridized carbons (Fsp3) is 0.278. The van der Waals surface area contributed by atoms with Gasteiger partial charge in [0.15, 0.2) is 6.73 Å². The summed E-state index contributed by atoms with van der Waals surface area (Å²) < 4.78 is 10.1. The summed E-state index contributed by atoms with van der Waals surface area (Å²) in [6, 6.07) is 10.9. The van der Waals surface area contributed by atoms with Gasteiger partial charge in [0, 0.05) is 23.4 Å². The standard InChI is InChI=1S/C18H20BrN5O2/c1-3-24-17(8-10-20-24)13(2)21-18(25)16-9-11-23(22-16)12-26-15-6-4-14(19)5-7-15/h4-11,13H,3,12H2,1-2H3,(H,21,25). The number of hydrogen-bond acceptors (Lipinski definition) is 4. The first-order valence-electron chi connectivity index (χ1n) is 8.31. The lowest BCUT2D eigenvalue weighted by molar-refractivity contribution is 0.0931. The summed E-state index contributed by atoms with van der Waals surface area (Å²) in [5.74, 6) is 0.500. The molecule has 3 rings (SSSR count). The van der Waals surface area contributed by atoms with Crippen LogP contribution in [-0.2, 0) is 13.3 Å². The van der Waals surface area contributed by atoms with Crippen LogP contribution >= 0.6 is 15.9 Å². The minimum atomic E-state index is -0.233. The van der Waals surface area contributed by atoms with Crippen LogP contribution < -0.4 is 10.1 Å². The van der Waals surface area contributed by atoms with Crippen LogP contribution in [0.15, 0.2) is 53.3 Å². The average molecular weight is 418 g/mol. The van der Waals surface area contributed by atoms with Gasteiger partial charge in [-0.1, -0.05) is 15.9 Å². The Morgan fingerprint density at radius 1 is 1.27 bits per heavy atom. The van der Waals surface area contributed by atoms with Crippen LogP contribution in [0.4, 0.5) is 0 Å². The lowest BCUT2D eigenvalue weighted by Gasteiger charge is -2.14. The van der Waals surface area contributed by atoms with Crippen molar-refractivity contribution < 1.29 is 9.53 Å². The molecule has 1 atom stereocenters. The van der Waals surface area contributed by atoms with Gasteiger partial charge in [-0.2, -0.15) is 10.2 Å². The maximum atomic E-state index is 12.4. The van der Waals surface area contributed by atoms with Crippen LogP contribution in [-0.4, -0.2) is 25.5 Å². The third kappa shape index (κ3) is 4.32. The molecule has 0 aliphatic carbocycles. The molecule has 0 bridgehead atoms. The minimum absolute atomic E-state index is 0.158. The van der Waals surface area contributed by atoms with E-state index in [1.165, 1.54) is 0 Å². The second kappa shape index (κ2) is 8.18. The Hall–Kier alpha value is -2.61. The molecule has 0 radical (unpaired) electrons.